The molecule has 0 saturated carbocycles. The van der Waals surface area contributed by atoms with Gasteiger partial charge in [-0.3, -0.25) is 15.0 Å². The Morgan fingerprint density at radius 2 is 2.21 bits per heavy atom. The van der Waals surface area contributed by atoms with Gasteiger partial charge in [0.15, 0.2) is 0 Å². The van der Waals surface area contributed by atoms with Crippen LogP contribution in [-0.4, -0.2) is 22.9 Å². The Kier molecular flexibility index (Phi) is 4.37. The van der Waals surface area contributed by atoms with Crippen LogP contribution in [-0.2, 0) is 6.54 Å². The maximum absolute atomic E-state index is 10.9. The molecule has 0 bridgehead atoms. The van der Waals surface area contributed by atoms with Crippen LogP contribution in [0.3, 0.4) is 0 Å². The van der Waals surface area contributed by atoms with Crippen LogP contribution in [0, 0.1) is 16.0 Å². The minimum Gasteiger partial charge on any atom is -0.393 e. The third kappa shape index (κ3) is 3.67. The van der Waals surface area contributed by atoms with E-state index in [2.05, 4.69) is 11.8 Å². The minimum absolute atomic E-state index is 0.0145. The SMILES string of the molecule is CC1CCCN(Cc2ccc(N)c([N+](=O)[O-])c2)CC1. The molecule has 5 heteroatoms. The molecule has 1 aromatic rings. The number of anilines is 1. The first kappa shape index (κ1) is 13.8. The molecule has 0 amide bonds. The third-order valence-electron chi connectivity index (χ3n) is 3.81. The quantitative estimate of drug-likeness (QED) is 0.517. The Balaban J connectivity index is 2.06. The predicted molar refractivity (Wildman–Crippen MR) is 75.8 cm³/mol. The first-order valence-electron chi connectivity index (χ1n) is 6.81. The predicted octanol–water partition coefficient (Wildman–Crippen LogP) is 2.80. The van der Waals surface area contributed by atoms with Crippen molar-refractivity contribution in [2.75, 3.05) is 18.8 Å². The largest absolute Gasteiger partial charge is 0.393 e. The van der Waals surface area contributed by atoms with Crippen LogP contribution in [0.25, 0.3) is 0 Å². The first-order valence-corrected chi connectivity index (χ1v) is 6.81. The molecule has 1 unspecified atom stereocenters. The van der Waals surface area contributed by atoms with Gasteiger partial charge in [-0.2, -0.15) is 0 Å². The highest BCUT2D eigenvalue weighted by atomic mass is 16.6. The Morgan fingerprint density at radius 3 is 2.95 bits per heavy atom. The highest BCUT2D eigenvalue weighted by Crippen LogP contribution is 2.24. The molecule has 0 spiro atoms. The van der Waals surface area contributed by atoms with Crippen LogP contribution >= 0.6 is 0 Å². The van der Waals surface area contributed by atoms with Crippen molar-refractivity contribution in [3.8, 4) is 0 Å². The van der Waals surface area contributed by atoms with E-state index in [1.807, 2.05) is 6.07 Å². The summed E-state index contributed by atoms with van der Waals surface area (Å²) in [7, 11) is 0. The second-order valence-electron chi connectivity index (χ2n) is 5.46. The number of rotatable bonds is 3. The second-order valence-corrected chi connectivity index (χ2v) is 5.46. The second kappa shape index (κ2) is 6.02. The number of nitro benzene ring substituents is 1. The molecular formula is C14H21N3O2. The van der Waals surface area contributed by atoms with Crippen molar-refractivity contribution >= 4 is 11.4 Å². The molecule has 1 aliphatic rings. The van der Waals surface area contributed by atoms with E-state index in [4.69, 9.17) is 5.73 Å². The number of nitrogens with two attached hydrogens (primary N) is 1. The number of nitrogens with zero attached hydrogens (tertiary/aromatic N) is 2. The number of nitro groups is 1. The van der Waals surface area contributed by atoms with E-state index >= 15 is 0 Å². The normalized spacial score (nSPS) is 21.0. The number of hydrogen-bond donors (Lipinski definition) is 1. The third-order valence-corrected chi connectivity index (χ3v) is 3.81. The molecule has 0 aliphatic carbocycles. The Hall–Kier alpha value is -1.62. The number of nitrogen functional groups attached to an aromatic ring is 1. The van der Waals surface area contributed by atoms with Gasteiger partial charge in [-0.05, 0) is 49.9 Å². The lowest BCUT2D eigenvalue weighted by Crippen LogP contribution is -2.24. The van der Waals surface area contributed by atoms with Crippen molar-refractivity contribution in [1.29, 1.82) is 0 Å². The molecule has 19 heavy (non-hydrogen) atoms. The number of benzene rings is 1. The fraction of sp³-hybridized carbons (Fsp3) is 0.571. The van der Waals surface area contributed by atoms with Crippen molar-refractivity contribution < 1.29 is 4.92 Å². The lowest BCUT2D eigenvalue weighted by Gasteiger charge is -2.20. The van der Waals surface area contributed by atoms with E-state index in [1.165, 1.54) is 19.3 Å². The monoisotopic (exact) mass is 263 g/mol. The molecule has 0 aromatic heterocycles. The van der Waals surface area contributed by atoms with Crippen LogP contribution in [0.1, 0.15) is 31.7 Å². The van der Waals surface area contributed by atoms with Gasteiger partial charge in [-0.1, -0.05) is 13.0 Å². The van der Waals surface area contributed by atoms with Crippen LogP contribution in [0.15, 0.2) is 18.2 Å². The Bertz CT molecular complexity index is 462. The summed E-state index contributed by atoms with van der Waals surface area (Å²) in [4.78, 5) is 12.8. The topological polar surface area (TPSA) is 72.4 Å². The van der Waals surface area contributed by atoms with Gasteiger partial charge in [-0.25, -0.2) is 0 Å². The van der Waals surface area contributed by atoms with Gasteiger partial charge >= 0.3 is 0 Å². The van der Waals surface area contributed by atoms with Gasteiger partial charge in [-0.15, -0.1) is 0 Å². The molecule has 2 N–H and O–H groups in total. The zero-order valence-electron chi connectivity index (χ0n) is 11.3. The molecule has 1 aliphatic heterocycles. The van der Waals surface area contributed by atoms with Gasteiger partial charge in [0, 0.05) is 12.6 Å². The summed E-state index contributed by atoms with van der Waals surface area (Å²) in [6, 6.07) is 5.12. The molecule has 1 aromatic carbocycles. The summed E-state index contributed by atoms with van der Waals surface area (Å²) in [6.45, 7) is 5.20. The van der Waals surface area contributed by atoms with Crippen LogP contribution in [0.5, 0.6) is 0 Å². The van der Waals surface area contributed by atoms with Gasteiger partial charge in [0.25, 0.3) is 5.69 Å². The smallest absolute Gasteiger partial charge is 0.292 e. The average Bonchev–Trinajstić information content (AvgIpc) is 2.56. The van der Waals surface area contributed by atoms with E-state index in [9.17, 15) is 10.1 Å². The molecule has 2 rings (SSSR count). The van der Waals surface area contributed by atoms with Crippen LogP contribution < -0.4 is 5.73 Å². The summed E-state index contributed by atoms with van der Waals surface area (Å²) in [5, 5.41) is 10.9. The van der Waals surface area contributed by atoms with E-state index < -0.39 is 4.92 Å². The van der Waals surface area contributed by atoms with Crippen molar-refractivity contribution in [2.24, 2.45) is 5.92 Å². The highest BCUT2D eigenvalue weighted by molar-refractivity contribution is 5.59. The zero-order chi connectivity index (χ0) is 13.8. The highest BCUT2D eigenvalue weighted by Gasteiger charge is 2.16. The Morgan fingerprint density at radius 1 is 1.42 bits per heavy atom. The molecule has 104 valence electrons. The van der Waals surface area contributed by atoms with Crippen molar-refractivity contribution in [1.82, 2.24) is 4.90 Å². The summed E-state index contributed by atoms with van der Waals surface area (Å²) < 4.78 is 0. The summed E-state index contributed by atoms with van der Waals surface area (Å²) in [6.07, 6.45) is 3.69. The van der Waals surface area contributed by atoms with Gasteiger partial charge in [0.05, 0.1) is 4.92 Å². The fourth-order valence-electron chi connectivity index (χ4n) is 2.58. The maximum atomic E-state index is 10.9. The summed E-state index contributed by atoms with van der Waals surface area (Å²) in [5.74, 6) is 0.783. The number of hydrogen-bond acceptors (Lipinski definition) is 4. The van der Waals surface area contributed by atoms with Gasteiger partial charge in [0.1, 0.15) is 5.69 Å². The van der Waals surface area contributed by atoms with Gasteiger partial charge in [0.2, 0.25) is 0 Å². The van der Waals surface area contributed by atoms with Crippen LogP contribution in [0.2, 0.25) is 0 Å². The van der Waals surface area contributed by atoms with Crippen molar-refractivity contribution in [2.45, 2.75) is 32.7 Å². The van der Waals surface area contributed by atoms with E-state index in [0.717, 1.165) is 31.1 Å². The minimum atomic E-state index is -0.413. The molecule has 1 heterocycles. The molecule has 5 nitrogen and oxygen atoms in total. The fourth-order valence-corrected chi connectivity index (χ4v) is 2.58. The molecule has 0 radical (unpaired) electrons. The summed E-state index contributed by atoms with van der Waals surface area (Å²) >= 11 is 0. The molecule has 1 saturated heterocycles. The van der Waals surface area contributed by atoms with E-state index in [-0.39, 0.29) is 11.4 Å². The molecule has 1 fully saturated rings. The van der Waals surface area contributed by atoms with Crippen molar-refractivity contribution in [3.63, 3.8) is 0 Å². The van der Waals surface area contributed by atoms with Crippen LogP contribution in [0.4, 0.5) is 11.4 Å². The van der Waals surface area contributed by atoms with E-state index in [0.29, 0.717) is 0 Å². The number of likely N-dealkylation sites (tertiary alicyclic amines) is 1. The lowest BCUT2D eigenvalue weighted by atomic mass is 10.0. The van der Waals surface area contributed by atoms with E-state index in [1.54, 1.807) is 12.1 Å². The molecule has 1 atom stereocenters. The van der Waals surface area contributed by atoms with Crippen molar-refractivity contribution in [3.05, 3.63) is 33.9 Å². The average molecular weight is 263 g/mol. The maximum Gasteiger partial charge on any atom is 0.292 e. The lowest BCUT2D eigenvalue weighted by molar-refractivity contribution is -0.384. The molecular weight excluding hydrogens is 242 g/mol. The summed E-state index contributed by atoms with van der Waals surface area (Å²) in [5.41, 5.74) is 6.83. The Labute approximate surface area is 113 Å². The zero-order valence-corrected chi connectivity index (χ0v) is 11.3. The standard InChI is InChI=1S/C14H21N3O2/c1-11-3-2-7-16(8-6-11)10-12-4-5-13(15)14(9-12)17(18)19/h4-5,9,11H,2-3,6-8,10,15H2,1H3. The van der Waals surface area contributed by atoms with Gasteiger partial charge < -0.3 is 5.73 Å². The first-order chi connectivity index (χ1) is 9.06.